The summed E-state index contributed by atoms with van der Waals surface area (Å²) in [5.74, 6) is 1.63. The summed E-state index contributed by atoms with van der Waals surface area (Å²) in [5.41, 5.74) is 6.90. The van der Waals surface area contributed by atoms with Gasteiger partial charge in [-0.1, -0.05) is 6.07 Å². The summed E-state index contributed by atoms with van der Waals surface area (Å²) in [7, 11) is 2.09. The molecule has 1 aliphatic heterocycles. The van der Waals surface area contributed by atoms with Crippen LogP contribution in [0.3, 0.4) is 0 Å². The third kappa shape index (κ3) is 3.43. The summed E-state index contributed by atoms with van der Waals surface area (Å²) >= 11 is 0. The molecule has 0 aliphatic carbocycles. The van der Waals surface area contributed by atoms with Crippen molar-refractivity contribution in [1.82, 2.24) is 4.98 Å². The van der Waals surface area contributed by atoms with E-state index in [0.29, 0.717) is 5.92 Å². The van der Waals surface area contributed by atoms with Crippen LogP contribution in [0.2, 0.25) is 0 Å². The Morgan fingerprint density at radius 1 is 1.56 bits per heavy atom. The summed E-state index contributed by atoms with van der Waals surface area (Å²) in [5, 5.41) is 0. The van der Waals surface area contributed by atoms with Crippen molar-refractivity contribution in [1.29, 1.82) is 0 Å². The Kier molecular flexibility index (Phi) is 4.55. The largest absolute Gasteiger partial charge is 0.381 e. The summed E-state index contributed by atoms with van der Waals surface area (Å²) in [6, 6.07) is 4.15. The second-order valence-corrected chi connectivity index (χ2v) is 5.20. The zero-order valence-corrected chi connectivity index (χ0v) is 11.3. The Balaban J connectivity index is 1.93. The van der Waals surface area contributed by atoms with Gasteiger partial charge in [0.2, 0.25) is 0 Å². The van der Waals surface area contributed by atoms with Crippen molar-refractivity contribution in [2.45, 2.75) is 25.8 Å². The molecular weight excluding hydrogens is 226 g/mol. The van der Waals surface area contributed by atoms with Gasteiger partial charge in [0.05, 0.1) is 6.61 Å². The number of rotatable bonds is 4. The topological polar surface area (TPSA) is 51.4 Å². The zero-order valence-electron chi connectivity index (χ0n) is 11.3. The van der Waals surface area contributed by atoms with E-state index in [0.717, 1.165) is 31.1 Å². The van der Waals surface area contributed by atoms with E-state index >= 15 is 0 Å². The van der Waals surface area contributed by atoms with E-state index in [2.05, 4.69) is 23.0 Å². The highest BCUT2D eigenvalue weighted by molar-refractivity contribution is 5.38. The van der Waals surface area contributed by atoms with Crippen LogP contribution in [0.15, 0.2) is 18.3 Å². The van der Waals surface area contributed by atoms with Crippen LogP contribution in [0.4, 0.5) is 5.82 Å². The van der Waals surface area contributed by atoms with Gasteiger partial charge >= 0.3 is 0 Å². The van der Waals surface area contributed by atoms with Crippen molar-refractivity contribution in [3.8, 4) is 0 Å². The molecule has 0 radical (unpaired) electrons. The first-order valence-electron chi connectivity index (χ1n) is 6.67. The molecule has 1 unspecified atom stereocenters. The highest BCUT2D eigenvalue weighted by atomic mass is 16.5. The third-order valence-electron chi connectivity index (χ3n) is 3.47. The van der Waals surface area contributed by atoms with Gasteiger partial charge in [-0.3, -0.25) is 0 Å². The minimum absolute atomic E-state index is 0.0450. The van der Waals surface area contributed by atoms with Crippen LogP contribution in [0.5, 0.6) is 0 Å². The molecule has 0 aromatic carbocycles. The standard InChI is InChI=1S/C14H23N3O/c1-11(15)13-5-6-14(16-8-13)17(2)9-12-4-3-7-18-10-12/h5-6,8,11-12H,3-4,7,9-10,15H2,1-2H3/t11-,12?/m1/s1. The molecule has 4 nitrogen and oxygen atoms in total. The van der Waals surface area contributed by atoms with Crippen LogP contribution in [-0.2, 0) is 4.74 Å². The van der Waals surface area contributed by atoms with Crippen LogP contribution in [0.25, 0.3) is 0 Å². The molecule has 100 valence electrons. The summed E-state index contributed by atoms with van der Waals surface area (Å²) < 4.78 is 5.51. The van der Waals surface area contributed by atoms with Crippen LogP contribution in [-0.4, -0.2) is 31.8 Å². The normalized spacial score (nSPS) is 21.6. The fourth-order valence-corrected chi connectivity index (χ4v) is 2.32. The lowest BCUT2D eigenvalue weighted by Gasteiger charge is -2.27. The van der Waals surface area contributed by atoms with E-state index in [4.69, 9.17) is 10.5 Å². The van der Waals surface area contributed by atoms with E-state index in [1.165, 1.54) is 12.8 Å². The smallest absolute Gasteiger partial charge is 0.128 e. The predicted molar refractivity (Wildman–Crippen MR) is 73.7 cm³/mol. The maximum atomic E-state index is 5.82. The fraction of sp³-hybridized carbons (Fsp3) is 0.643. The van der Waals surface area contributed by atoms with Crippen LogP contribution in [0.1, 0.15) is 31.4 Å². The number of hydrogen-bond donors (Lipinski definition) is 1. The molecule has 1 aromatic heterocycles. The molecule has 4 heteroatoms. The SMILES string of the molecule is C[C@@H](N)c1ccc(N(C)CC2CCCOC2)nc1. The summed E-state index contributed by atoms with van der Waals surface area (Å²) in [6.45, 7) is 4.77. The quantitative estimate of drug-likeness (QED) is 0.886. The molecule has 0 spiro atoms. The van der Waals surface area contributed by atoms with E-state index < -0.39 is 0 Å². The van der Waals surface area contributed by atoms with Gasteiger partial charge in [0.15, 0.2) is 0 Å². The van der Waals surface area contributed by atoms with E-state index in [1.54, 1.807) is 0 Å². The number of ether oxygens (including phenoxy) is 1. The third-order valence-corrected chi connectivity index (χ3v) is 3.47. The second kappa shape index (κ2) is 6.16. The molecule has 1 saturated heterocycles. The minimum atomic E-state index is 0.0450. The number of nitrogens with zero attached hydrogens (tertiary/aromatic N) is 2. The molecule has 18 heavy (non-hydrogen) atoms. The first kappa shape index (κ1) is 13.3. The van der Waals surface area contributed by atoms with Gasteiger partial charge in [0, 0.05) is 32.4 Å². The van der Waals surface area contributed by atoms with Crippen molar-refractivity contribution in [3.05, 3.63) is 23.9 Å². The summed E-state index contributed by atoms with van der Waals surface area (Å²) in [4.78, 5) is 6.67. The van der Waals surface area contributed by atoms with Gasteiger partial charge in [-0.2, -0.15) is 0 Å². The van der Waals surface area contributed by atoms with Crippen molar-refractivity contribution < 1.29 is 4.74 Å². The van der Waals surface area contributed by atoms with E-state index in [1.807, 2.05) is 19.2 Å². The molecule has 2 N–H and O–H groups in total. The molecule has 1 aromatic rings. The Morgan fingerprint density at radius 3 is 2.94 bits per heavy atom. The van der Waals surface area contributed by atoms with Crippen LogP contribution < -0.4 is 10.6 Å². The van der Waals surface area contributed by atoms with Gasteiger partial charge < -0.3 is 15.4 Å². The van der Waals surface area contributed by atoms with Crippen molar-refractivity contribution >= 4 is 5.82 Å². The zero-order chi connectivity index (χ0) is 13.0. The lowest BCUT2D eigenvalue weighted by Crippen LogP contribution is -2.31. The van der Waals surface area contributed by atoms with Gasteiger partial charge in [-0.05, 0) is 37.3 Å². The molecule has 1 aliphatic rings. The van der Waals surface area contributed by atoms with E-state index in [9.17, 15) is 0 Å². The molecule has 0 bridgehead atoms. The molecular formula is C14H23N3O. The van der Waals surface area contributed by atoms with Gasteiger partial charge in [-0.15, -0.1) is 0 Å². The van der Waals surface area contributed by atoms with Crippen molar-refractivity contribution in [3.63, 3.8) is 0 Å². The monoisotopic (exact) mass is 249 g/mol. The number of aromatic nitrogens is 1. The first-order chi connectivity index (χ1) is 8.66. The van der Waals surface area contributed by atoms with Crippen LogP contribution >= 0.6 is 0 Å². The van der Waals surface area contributed by atoms with Gasteiger partial charge in [0.25, 0.3) is 0 Å². The Labute approximate surface area is 109 Å². The molecule has 1 fully saturated rings. The molecule has 2 heterocycles. The van der Waals surface area contributed by atoms with Gasteiger partial charge in [-0.25, -0.2) is 4.98 Å². The number of pyridine rings is 1. The fourth-order valence-electron chi connectivity index (χ4n) is 2.32. The average Bonchev–Trinajstić information content (AvgIpc) is 2.40. The van der Waals surface area contributed by atoms with E-state index in [-0.39, 0.29) is 6.04 Å². The lowest BCUT2D eigenvalue weighted by molar-refractivity contribution is 0.0576. The predicted octanol–water partition coefficient (Wildman–Crippen LogP) is 1.96. The molecule has 0 amide bonds. The first-order valence-corrected chi connectivity index (χ1v) is 6.67. The van der Waals surface area contributed by atoms with Gasteiger partial charge in [0.1, 0.15) is 5.82 Å². The van der Waals surface area contributed by atoms with Crippen LogP contribution in [0, 0.1) is 5.92 Å². The Bertz CT molecular complexity index is 358. The maximum absolute atomic E-state index is 5.82. The molecule has 2 atom stereocenters. The molecule has 2 rings (SSSR count). The Hall–Kier alpha value is -1.13. The highest BCUT2D eigenvalue weighted by Gasteiger charge is 2.16. The molecule has 0 saturated carbocycles. The van der Waals surface area contributed by atoms with Crippen molar-refractivity contribution in [2.24, 2.45) is 11.7 Å². The number of anilines is 1. The lowest BCUT2D eigenvalue weighted by atomic mass is 10.0. The number of nitrogens with two attached hydrogens (primary N) is 1. The highest BCUT2D eigenvalue weighted by Crippen LogP contribution is 2.18. The summed E-state index contributed by atoms with van der Waals surface area (Å²) in [6.07, 6.45) is 4.30. The number of hydrogen-bond acceptors (Lipinski definition) is 4. The minimum Gasteiger partial charge on any atom is -0.381 e. The van der Waals surface area contributed by atoms with Crippen molar-refractivity contribution in [2.75, 3.05) is 31.7 Å². The Morgan fingerprint density at radius 2 is 2.39 bits per heavy atom. The maximum Gasteiger partial charge on any atom is 0.128 e. The second-order valence-electron chi connectivity index (χ2n) is 5.20. The average molecular weight is 249 g/mol.